The van der Waals surface area contributed by atoms with Crippen LogP contribution in [0.4, 0.5) is 0 Å². The van der Waals surface area contributed by atoms with Gasteiger partial charge in [0.1, 0.15) is 5.76 Å². The van der Waals surface area contributed by atoms with Gasteiger partial charge in [-0.1, -0.05) is 16.9 Å². The third kappa shape index (κ3) is 3.31. The molecule has 0 saturated carbocycles. The fourth-order valence-corrected chi connectivity index (χ4v) is 5.77. The van der Waals surface area contributed by atoms with E-state index in [-0.39, 0.29) is 0 Å². The van der Waals surface area contributed by atoms with Gasteiger partial charge in [0.25, 0.3) is 0 Å². The molecule has 0 unspecified atom stereocenters. The lowest BCUT2D eigenvalue weighted by atomic mass is 10.5. The fraction of sp³-hybridized carbons (Fsp3) is 0.111. The van der Waals surface area contributed by atoms with Crippen LogP contribution in [0.25, 0.3) is 0 Å². The van der Waals surface area contributed by atoms with Gasteiger partial charge >= 0.3 is 0 Å². The van der Waals surface area contributed by atoms with E-state index in [2.05, 4.69) is 17.5 Å². The third-order valence-electron chi connectivity index (χ3n) is 1.44. The monoisotopic (exact) mass is 260 g/mol. The quantitative estimate of drug-likeness (QED) is 0.558. The Hall–Kier alpha value is 0.0300. The molecular weight excluding hydrogens is 252 g/mol. The van der Waals surface area contributed by atoms with E-state index in [9.17, 15) is 0 Å². The molecule has 0 bridgehead atoms. The first kappa shape index (κ1) is 10.5. The Bertz CT molecular complexity index is 305. The maximum Gasteiger partial charge on any atom is 0.114 e. The second-order valence-corrected chi connectivity index (χ2v) is 7.74. The van der Waals surface area contributed by atoms with Crippen LogP contribution in [0.2, 0.25) is 0 Å². The first-order valence-electron chi connectivity index (χ1n) is 3.97. The van der Waals surface area contributed by atoms with Crippen LogP contribution in [0.15, 0.2) is 44.5 Å². The predicted octanol–water partition coefficient (Wildman–Crippen LogP) is 4.93. The second kappa shape index (κ2) is 5.80. The molecular formula is C9H8OS4. The van der Waals surface area contributed by atoms with E-state index in [1.165, 1.54) is 4.21 Å². The SMILES string of the molecule is c1coc(CSSSc2cccs2)c1. The molecule has 14 heavy (non-hydrogen) atoms. The van der Waals surface area contributed by atoms with Crippen LogP contribution >= 0.6 is 42.8 Å². The fourth-order valence-electron chi connectivity index (χ4n) is 0.845. The Morgan fingerprint density at radius 2 is 2.29 bits per heavy atom. The van der Waals surface area contributed by atoms with Crippen molar-refractivity contribution in [2.45, 2.75) is 9.96 Å². The van der Waals surface area contributed by atoms with Crippen LogP contribution in [0.3, 0.4) is 0 Å². The van der Waals surface area contributed by atoms with Gasteiger partial charge in [-0.25, -0.2) is 0 Å². The summed E-state index contributed by atoms with van der Waals surface area (Å²) in [6, 6.07) is 8.14. The molecule has 0 aliphatic heterocycles. The molecule has 0 aliphatic carbocycles. The topological polar surface area (TPSA) is 13.1 Å². The van der Waals surface area contributed by atoms with E-state index in [1.807, 2.05) is 12.1 Å². The lowest BCUT2D eigenvalue weighted by Crippen LogP contribution is -1.67. The Labute approximate surface area is 98.5 Å². The zero-order chi connectivity index (χ0) is 9.64. The highest BCUT2D eigenvalue weighted by Gasteiger charge is 1.98. The summed E-state index contributed by atoms with van der Waals surface area (Å²) in [6.45, 7) is 0. The minimum absolute atomic E-state index is 0.927. The van der Waals surface area contributed by atoms with Crippen molar-refractivity contribution in [1.82, 2.24) is 0 Å². The Morgan fingerprint density at radius 3 is 3.00 bits per heavy atom. The molecule has 2 heterocycles. The van der Waals surface area contributed by atoms with Crippen molar-refractivity contribution < 1.29 is 4.42 Å². The van der Waals surface area contributed by atoms with Crippen LogP contribution in [0.1, 0.15) is 5.76 Å². The molecule has 0 N–H and O–H groups in total. The van der Waals surface area contributed by atoms with Gasteiger partial charge in [0.2, 0.25) is 0 Å². The molecule has 0 atom stereocenters. The highest BCUT2D eigenvalue weighted by atomic mass is 33.5. The lowest BCUT2D eigenvalue weighted by Gasteiger charge is -1.95. The van der Waals surface area contributed by atoms with E-state index in [0.29, 0.717) is 0 Å². The summed E-state index contributed by atoms with van der Waals surface area (Å²) in [5.41, 5.74) is 0. The molecule has 0 radical (unpaired) electrons. The Morgan fingerprint density at radius 1 is 1.29 bits per heavy atom. The van der Waals surface area contributed by atoms with Gasteiger partial charge in [0.05, 0.1) is 16.2 Å². The van der Waals surface area contributed by atoms with Crippen LogP contribution in [0, 0.1) is 0 Å². The van der Waals surface area contributed by atoms with Crippen LogP contribution in [0.5, 0.6) is 0 Å². The summed E-state index contributed by atoms with van der Waals surface area (Å²) in [6.07, 6.45) is 1.72. The molecule has 0 fully saturated rings. The Balaban J connectivity index is 1.65. The van der Waals surface area contributed by atoms with Gasteiger partial charge in [-0.15, -0.1) is 11.3 Å². The minimum Gasteiger partial charge on any atom is -0.468 e. The molecule has 0 aromatic carbocycles. The standard InChI is InChI=1S/C9H8OS4/c1-3-8(10-5-1)7-12-14-13-9-4-2-6-11-9/h1-6H,7H2. The molecule has 2 rings (SSSR count). The zero-order valence-electron chi connectivity index (χ0n) is 7.21. The van der Waals surface area contributed by atoms with Crippen LogP contribution in [-0.4, -0.2) is 0 Å². The van der Waals surface area contributed by atoms with Crippen molar-refractivity contribution >= 4 is 42.8 Å². The van der Waals surface area contributed by atoms with Gasteiger partial charge in [0.15, 0.2) is 0 Å². The van der Waals surface area contributed by atoms with Crippen molar-refractivity contribution in [2.75, 3.05) is 0 Å². The molecule has 0 amide bonds. The molecule has 0 saturated heterocycles. The average molecular weight is 260 g/mol. The summed E-state index contributed by atoms with van der Waals surface area (Å²) < 4.78 is 6.58. The number of thiophene rings is 1. The van der Waals surface area contributed by atoms with Crippen molar-refractivity contribution in [3.05, 3.63) is 41.7 Å². The largest absolute Gasteiger partial charge is 0.468 e. The second-order valence-electron chi connectivity index (χ2n) is 2.43. The van der Waals surface area contributed by atoms with Gasteiger partial charge in [0, 0.05) is 0 Å². The summed E-state index contributed by atoms with van der Waals surface area (Å²) >= 11 is 1.78. The third-order valence-corrected chi connectivity index (χ3v) is 6.69. The molecule has 5 heteroatoms. The average Bonchev–Trinajstić information content (AvgIpc) is 2.86. The number of hydrogen-bond donors (Lipinski definition) is 0. The smallest absolute Gasteiger partial charge is 0.114 e. The van der Waals surface area contributed by atoms with Gasteiger partial charge in [-0.3, -0.25) is 0 Å². The molecule has 0 spiro atoms. The molecule has 2 aromatic rings. The molecule has 2 aromatic heterocycles. The lowest BCUT2D eigenvalue weighted by molar-refractivity contribution is 0.530. The Kier molecular flexibility index (Phi) is 4.37. The van der Waals surface area contributed by atoms with Crippen molar-refractivity contribution in [2.24, 2.45) is 0 Å². The van der Waals surface area contributed by atoms with Crippen molar-refractivity contribution in [1.29, 1.82) is 0 Å². The number of rotatable bonds is 5. The van der Waals surface area contributed by atoms with E-state index < -0.39 is 0 Å². The first-order valence-corrected chi connectivity index (χ1v) is 8.50. The normalized spacial score (nSPS) is 10.6. The van der Waals surface area contributed by atoms with Gasteiger partial charge in [-0.05, 0) is 44.2 Å². The highest BCUT2D eigenvalue weighted by Crippen LogP contribution is 2.43. The van der Waals surface area contributed by atoms with Crippen LogP contribution in [-0.2, 0) is 5.75 Å². The van der Waals surface area contributed by atoms with Crippen molar-refractivity contribution in [3.8, 4) is 0 Å². The number of hydrogen-bond acceptors (Lipinski definition) is 5. The van der Waals surface area contributed by atoms with E-state index in [4.69, 9.17) is 4.42 Å². The predicted molar refractivity (Wildman–Crippen MR) is 67.8 cm³/mol. The van der Waals surface area contributed by atoms with E-state index in [1.54, 1.807) is 49.0 Å². The maximum absolute atomic E-state index is 5.23. The zero-order valence-corrected chi connectivity index (χ0v) is 10.5. The summed E-state index contributed by atoms with van der Waals surface area (Å²) in [7, 11) is 5.40. The van der Waals surface area contributed by atoms with Gasteiger partial charge < -0.3 is 4.42 Å². The molecule has 1 nitrogen and oxygen atoms in total. The summed E-state index contributed by atoms with van der Waals surface area (Å²) in [5, 5.41) is 2.10. The van der Waals surface area contributed by atoms with Crippen LogP contribution < -0.4 is 0 Å². The maximum atomic E-state index is 5.23. The number of furan rings is 1. The molecule has 0 aliphatic rings. The first-order chi connectivity index (χ1) is 6.95. The van der Waals surface area contributed by atoms with Gasteiger partial charge in [-0.2, -0.15) is 0 Å². The summed E-state index contributed by atoms with van der Waals surface area (Å²) in [4.78, 5) is 0. The summed E-state index contributed by atoms with van der Waals surface area (Å²) in [5.74, 6) is 1.96. The van der Waals surface area contributed by atoms with E-state index >= 15 is 0 Å². The van der Waals surface area contributed by atoms with Crippen molar-refractivity contribution in [3.63, 3.8) is 0 Å². The van der Waals surface area contributed by atoms with E-state index in [0.717, 1.165) is 11.5 Å². The highest BCUT2D eigenvalue weighted by molar-refractivity contribution is 9.09. The minimum atomic E-state index is 0.927. The molecule has 74 valence electrons.